The molecule has 4 heteroatoms. The summed E-state index contributed by atoms with van der Waals surface area (Å²) in [6, 6.07) is 0. The molecule has 0 aromatic heterocycles. The van der Waals surface area contributed by atoms with Crippen LogP contribution in [-0.2, 0) is 9.63 Å². The quantitative estimate of drug-likeness (QED) is 0.474. The van der Waals surface area contributed by atoms with Crippen LogP contribution in [0.4, 0.5) is 0 Å². The molecule has 1 fully saturated rings. The number of hydrogen-bond acceptors (Lipinski definition) is 4. The molecule has 0 spiro atoms. The minimum Gasteiger partial charge on any atom is -0.511 e. The van der Waals surface area contributed by atoms with Crippen molar-refractivity contribution in [3.8, 4) is 0 Å². The summed E-state index contributed by atoms with van der Waals surface area (Å²) in [6.45, 7) is 8.32. The third-order valence-corrected chi connectivity index (χ3v) is 2.93. The Bertz CT molecular complexity index is 381. The second kappa shape index (κ2) is 6.03. The largest absolute Gasteiger partial charge is 0.511 e. The molecule has 0 heterocycles. The minimum absolute atomic E-state index is 0.0318. The topological polar surface area (TPSA) is 58.9 Å². The summed E-state index contributed by atoms with van der Waals surface area (Å²) in [5, 5.41) is 14.0. The summed E-state index contributed by atoms with van der Waals surface area (Å²) in [6.07, 6.45) is 2.41. The first-order valence-corrected chi connectivity index (χ1v) is 6.55. The first-order chi connectivity index (χ1) is 8.41. The van der Waals surface area contributed by atoms with Crippen LogP contribution in [0.25, 0.3) is 0 Å². The molecule has 0 unspecified atom stereocenters. The number of allylic oxidation sites excluding steroid dienone is 2. The van der Waals surface area contributed by atoms with Crippen LogP contribution in [0.5, 0.6) is 0 Å². The Morgan fingerprint density at radius 2 is 2.06 bits per heavy atom. The van der Waals surface area contributed by atoms with Gasteiger partial charge in [0.15, 0.2) is 5.78 Å². The second-order valence-corrected chi connectivity index (χ2v) is 5.47. The lowest BCUT2D eigenvalue weighted by molar-refractivity contribution is -0.117. The van der Waals surface area contributed by atoms with E-state index < -0.39 is 0 Å². The summed E-state index contributed by atoms with van der Waals surface area (Å²) in [5.74, 6) is 0.118. The van der Waals surface area contributed by atoms with E-state index in [1.54, 1.807) is 0 Å². The normalized spacial score (nSPS) is 24.2. The van der Waals surface area contributed by atoms with E-state index in [9.17, 15) is 9.90 Å². The SMILES string of the molecule is CCC/C(O)=C1\C(=O)CC(C)(C)C\C1=N/OCC. The van der Waals surface area contributed by atoms with Gasteiger partial charge in [0.1, 0.15) is 12.4 Å². The average Bonchev–Trinajstić information content (AvgIpc) is 2.24. The number of oxime groups is 1. The molecule has 1 saturated carbocycles. The highest BCUT2D eigenvalue weighted by molar-refractivity contribution is 6.24. The number of nitrogens with zero attached hydrogens (tertiary/aromatic N) is 1. The monoisotopic (exact) mass is 253 g/mol. The van der Waals surface area contributed by atoms with Gasteiger partial charge in [-0.3, -0.25) is 4.79 Å². The van der Waals surface area contributed by atoms with Gasteiger partial charge in [-0.05, 0) is 25.2 Å². The van der Waals surface area contributed by atoms with Gasteiger partial charge < -0.3 is 9.94 Å². The fraction of sp³-hybridized carbons (Fsp3) is 0.714. The van der Waals surface area contributed by atoms with E-state index in [1.165, 1.54) is 0 Å². The molecule has 1 N–H and O–H groups in total. The van der Waals surface area contributed by atoms with Gasteiger partial charge in [0.05, 0.1) is 11.3 Å². The van der Waals surface area contributed by atoms with Crippen molar-refractivity contribution in [1.29, 1.82) is 0 Å². The number of hydrogen-bond donors (Lipinski definition) is 1. The zero-order valence-electron chi connectivity index (χ0n) is 11.7. The molecule has 0 atom stereocenters. The Morgan fingerprint density at radius 1 is 1.39 bits per heavy atom. The van der Waals surface area contributed by atoms with Crippen LogP contribution in [0, 0.1) is 5.41 Å². The lowest BCUT2D eigenvalue weighted by Crippen LogP contribution is -2.32. The Balaban J connectivity index is 3.11. The Kier molecular flexibility index (Phi) is 4.93. The molecule has 0 amide bonds. The van der Waals surface area contributed by atoms with Crippen molar-refractivity contribution >= 4 is 11.5 Å². The highest BCUT2D eigenvalue weighted by Crippen LogP contribution is 2.35. The smallest absolute Gasteiger partial charge is 0.168 e. The van der Waals surface area contributed by atoms with Crippen molar-refractivity contribution in [2.45, 2.75) is 53.4 Å². The van der Waals surface area contributed by atoms with Crippen molar-refractivity contribution in [2.24, 2.45) is 10.6 Å². The minimum atomic E-state index is -0.122. The number of Topliss-reactive ketones (excluding diaryl/α,β-unsaturated/α-hetero) is 1. The standard InChI is InChI=1S/C14H23NO3/c1-5-7-11(16)13-10(15-18-6-2)8-14(3,4)9-12(13)17/h16H,5-9H2,1-4H3/b13-11+,15-10+. The molecule has 18 heavy (non-hydrogen) atoms. The number of carbonyl (C=O) groups is 1. The van der Waals surface area contributed by atoms with Gasteiger partial charge in [-0.2, -0.15) is 0 Å². The Labute approximate surface area is 109 Å². The number of ketones is 1. The van der Waals surface area contributed by atoms with E-state index >= 15 is 0 Å². The molecular weight excluding hydrogens is 230 g/mol. The lowest BCUT2D eigenvalue weighted by atomic mass is 9.73. The second-order valence-electron chi connectivity index (χ2n) is 5.47. The molecule has 0 saturated heterocycles. The molecule has 0 aromatic carbocycles. The molecular formula is C14H23NO3. The maximum atomic E-state index is 12.1. The maximum Gasteiger partial charge on any atom is 0.168 e. The van der Waals surface area contributed by atoms with Gasteiger partial charge in [-0.25, -0.2) is 0 Å². The van der Waals surface area contributed by atoms with Crippen molar-refractivity contribution < 1.29 is 14.7 Å². The van der Waals surface area contributed by atoms with E-state index in [2.05, 4.69) is 5.16 Å². The fourth-order valence-corrected chi connectivity index (χ4v) is 2.20. The third-order valence-electron chi connectivity index (χ3n) is 2.93. The van der Waals surface area contributed by atoms with E-state index in [1.807, 2.05) is 27.7 Å². The van der Waals surface area contributed by atoms with Crippen LogP contribution >= 0.6 is 0 Å². The summed E-state index contributed by atoms with van der Waals surface area (Å²) >= 11 is 0. The molecule has 102 valence electrons. The highest BCUT2D eigenvalue weighted by Gasteiger charge is 2.36. The molecule has 4 nitrogen and oxygen atoms in total. The zero-order valence-corrected chi connectivity index (χ0v) is 11.7. The van der Waals surface area contributed by atoms with E-state index in [4.69, 9.17) is 4.84 Å². The lowest BCUT2D eigenvalue weighted by Gasteiger charge is -2.30. The van der Waals surface area contributed by atoms with Gasteiger partial charge in [-0.1, -0.05) is 25.9 Å². The van der Waals surface area contributed by atoms with Crippen LogP contribution in [0.1, 0.15) is 53.4 Å². The highest BCUT2D eigenvalue weighted by atomic mass is 16.6. The molecule has 0 radical (unpaired) electrons. The van der Waals surface area contributed by atoms with Crippen LogP contribution in [0.3, 0.4) is 0 Å². The van der Waals surface area contributed by atoms with Crippen LogP contribution in [0.15, 0.2) is 16.5 Å². The van der Waals surface area contributed by atoms with Gasteiger partial charge in [0, 0.05) is 12.8 Å². The van der Waals surface area contributed by atoms with Gasteiger partial charge in [-0.15, -0.1) is 0 Å². The Hall–Kier alpha value is -1.32. The zero-order chi connectivity index (χ0) is 13.8. The van der Waals surface area contributed by atoms with E-state index in [-0.39, 0.29) is 17.0 Å². The van der Waals surface area contributed by atoms with Crippen molar-refractivity contribution in [3.63, 3.8) is 0 Å². The Morgan fingerprint density at radius 3 is 2.61 bits per heavy atom. The first kappa shape index (κ1) is 14.7. The number of aliphatic hydroxyl groups excluding tert-OH is 1. The van der Waals surface area contributed by atoms with Crippen LogP contribution in [-0.4, -0.2) is 23.2 Å². The van der Waals surface area contributed by atoms with Crippen molar-refractivity contribution in [3.05, 3.63) is 11.3 Å². The summed E-state index contributed by atoms with van der Waals surface area (Å²) in [7, 11) is 0. The van der Waals surface area contributed by atoms with Crippen molar-refractivity contribution in [2.75, 3.05) is 6.61 Å². The maximum absolute atomic E-state index is 12.1. The molecule has 1 aliphatic rings. The molecule has 0 bridgehead atoms. The van der Waals surface area contributed by atoms with Crippen LogP contribution < -0.4 is 0 Å². The fourth-order valence-electron chi connectivity index (χ4n) is 2.20. The predicted octanol–water partition coefficient (Wildman–Crippen LogP) is 3.38. The summed E-state index contributed by atoms with van der Waals surface area (Å²) in [5.41, 5.74) is 0.844. The summed E-state index contributed by atoms with van der Waals surface area (Å²) < 4.78 is 0. The van der Waals surface area contributed by atoms with Crippen molar-refractivity contribution in [1.82, 2.24) is 0 Å². The number of rotatable bonds is 4. The molecule has 0 aliphatic heterocycles. The predicted molar refractivity (Wildman–Crippen MR) is 71.6 cm³/mol. The van der Waals surface area contributed by atoms with Gasteiger partial charge in [0.25, 0.3) is 0 Å². The average molecular weight is 253 g/mol. The molecule has 1 aliphatic carbocycles. The van der Waals surface area contributed by atoms with Gasteiger partial charge in [0.2, 0.25) is 0 Å². The first-order valence-electron chi connectivity index (χ1n) is 6.55. The van der Waals surface area contributed by atoms with E-state index in [0.717, 1.165) is 6.42 Å². The molecule has 1 rings (SSSR count). The third kappa shape index (κ3) is 3.59. The number of aliphatic hydroxyl groups is 1. The summed E-state index contributed by atoms with van der Waals surface area (Å²) in [4.78, 5) is 17.2. The van der Waals surface area contributed by atoms with Gasteiger partial charge >= 0.3 is 0 Å². The molecule has 0 aromatic rings. The number of carbonyl (C=O) groups excluding carboxylic acids is 1. The van der Waals surface area contributed by atoms with Crippen LogP contribution in [0.2, 0.25) is 0 Å². The van der Waals surface area contributed by atoms with E-state index in [0.29, 0.717) is 37.2 Å².